The van der Waals surface area contributed by atoms with Crippen LogP contribution in [-0.2, 0) is 16.6 Å². The Morgan fingerprint density at radius 2 is 2.06 bits per heavy atom. The molecule has 0 atom stereocenters. The maximum absolute atomic E-state index is 11.9. The number of hydrogen-bond acceptors (Lipinski definition) is 4. The summed E-state index contributed by atoms with van der Waals surface area (Å²) < 4.78 is 26.6. The van der Waals surface area contributed by atoms with Crippen molar-refractivity contribution in [2.45, 2.75) is 38.0 Å². The summed E-state index contributed by atoms with van der Waals surface area (Å²) in [5.41, 5.74) is 0.736. The van der Waals surface area contributed by atoms with Crippen molar-refractivity contribution in [3.63, 3.8) is 0 Å². The van der Waals surface area contributed by atoms with Gasteiger partial charge in [-0.15, -0.1) is 11.3 Å². The van der Waals surface area contributed by atoms with E-state index in [9.17, 15) is 8.42 Å². The molecule has 0 spiro atoms. The number of hydrogen-bond donors (Lipinski definition) is 2. The lowest BCUT2D eigenvalue weighted by Crippen LogP contribution is -2.26. The topological polar surface area (TPSA) is 66.4 Å². The van der Waals surface area contributed by atoms with E-state index in [1.165, 1.54) is 6.07 Å². The molecule has 4 nitrogen and oxygen atoms in total. The summed E-state index contributed by atoms with van der Waals surface area (Å²) in [6, 6.07) is 1.50. The summed E-state index contributed by atoms with van der Waals surface area (Å²) in [6.07, 6.45) is 0.782. The van der Waals surface area contributed by atoms with Crippen LogP contribution in [0.15, 0.2) is 15.7 Å². The van der Waals surface area contributed by atoms with Crippen molar-refractivity contribution in [2.24, 2.45) is 5.41 Å². The van der Waals surface area contributed by atoms with Gasteiger partial charge in [-0.3, -0.25) is 0 Å². The molecule has 0 unspecified atom stereocenters. The Morgan fingerprint density at radius 3 is 2.53 bits per heavy atom. The van der Waals surface area contributed by atoms with Gasteiger partial charge in [-0.25, -0.2) is 13.1 Å². The molecule has 1 aromatic rings. The number of aliphatic hydroxyl groups excluding tert-OH is 1. The quantitative estimate of drug-likeness (QED) is 0.864. The van der Waals surface area contributed by atoms with E-state index in [-0.39, 0.29) is 16.2 Å². The normalized spacial score (nSPS) is 12.9. The van der Waals surface area contributed by atoms with Gasteiger partial charge in [0.25, 0.3) is 0 Å². The van der Waals surface area contributed by atoms with Crippen molar-refractivity contribution in [3.05, 3.63) is 17.0 Å². The van der Waals surface area contributed by atoms with Crippen LogP contribution >= 0.6 is 11.3 Å². The van der Waals surface area contributed by atoms with Crippen molar-refractivity contribution < 1.29 is 13.5 Å². The lowest BCUT2D eigenvalue weighted by atomic mass is 9.93. The summed E-state index contributed by atoms with van der Waals surface area (Å²) in [5, 5.41) is 10.5. The second-order valence-electron chi connectivity index (χ2n) is 5.14. The van der Waals surface area contributed by atoms with Gasteiger partial charge in [-0.05, 0) is 28.8 Å². The standard InChI is InChI=1S/C11H19NO3S2/c1-11(2,3)4-5-12-17(14,15)10-6-9(7-13)8-16-10/h6,8,12-13H,4-5,7H2,1-3H3. The van der Waals surface area contributed by atoms with E-state index in [1.54, 1.807) is 5.38 Å². The van der Waals surface area contributed by atoms with E-state index in [1.807, 2.05) is 0 Å². The molecule has 0 saturated heterocycles. The molecule has 0 saturated carbocycles. The molecular weight excluding hydrogens is 258 g/mol. The first kappa shape index (κ1) is 14.6. The summed E-state index contributed by atoms with van der Waals surface area (Å²) in [7, 11) is -3.41. The first-order valence-electron chi connectivity index (χ1n) is 5.42. The molecule has 98 valence electrons. The highest BCUT2D eigenvalue weighted by molar-refractivity contribution is 7.91. The molecule has 0 amide bonds. The van der Waals surface area contributed by atoms with Crippen LogP contribution in [0.5, 0.6) is 0 Å². The predicted octanol–water partition coefficient (Wildman–Crippen LogP) is 1.95. The lowest BCUT2D eigenvalue weighted by molar-refractivity contribution is 0.282. The fourth-order valence-electron chi connectivity index (χ4n) is 1.21. The summed E-state index contributed by atoms with van der Waals surface area (Å²) in [4.78, 5) is 0. The highest BCUT2D eigenvalue weighted by Gasteiger charge is 2.18. The van der Waals surface area contributed by atoms with Gasteiger partial charge in [-0.1, -0.05) is 20.8 Å². The van der Waals surface area contributed by atoms with Crippen LogP contribution in [0.3, 0.4) is 0 Å². The van der Waals surface area contributed by atoms with Crippen molar-refractivity contribution in [3.8, 4) is 0 Å². The highest BCUT2D eigenvalue weighted by atomic mass is 32.2. The van der Waals surface area contributed by atoms with Crippen LogP contribution in [0.1, 0.15) is 32.8 Å². The van der Waals surface area contributed by atoms with Crippen molar-refractivity contribution in [1.82, 2.24) is 4.72 Å². The van der Waals surface area contributed by atoms with Gasteiger partial charge < -0.3 is 5.11 Å². The third-order valence-electron chi connectivity index (χ3n) is 2.24. The molecule has 0 bridgehead atoms. The number of sulfonamides is 1. The number of aliphatic hydroxyl groups is 1. The third-order valence-corrected chi connectivity index (χ3v) is 5.19. The fraction of sp³-hybridized carbons (Fsp3) is 0.636. The number of nitrogens with one attached hydrogen (secondary N) is 1. The van der Waals surface area contributed by atoms with Crippen molar-refractivity contribution in [2.75, 3.05) is 6.54 Å². The summed E-state index contributed by atoms with van der Waals surface area (Å²) in [5.74, 6) is 0. The van der Waals surface area contributed by atoms with Gasteiger partial charge in [0.15, 0.2) is 0 Å². The Bertz CT molecular complexity index is 457. The van der Waals surface area contributed by atoms with Crippen molar-refractivity contribution in [1.29, 1.82) is 0 Å². The van der Waals surface area contributed by atoms with Crippen LogP contribution in [-0.4, -0.2) is 20.1 Å². The first-order chi connectivity index (χ1) is 7.74. The van der Waals surface area contributed by atoms with Crippen LogP contribution in [0.2, 0.25) is 0 Å². The molecule has 0 aliphatic rings. The molecule has 0 aliphatic carbocycles. The van der Waals surface area contributed by atoms with Gasteiger partial charge in [0.2, 0.25) is 10.0 Å². The van der Waals surface area contributed by atoms with E-state index in [4.69, 9.17) is 5.11 Å². The minimum Gasteiger partial charge on any atom is -0.392 e. The largest absolute Gasteiger partial charge is 0.392 e. The molecule has 0 fully saturated rings. The van der Waals surface area contributed by atoms with Gasteiger partial charge in [0, 0.05) is 6.54 Å². The summed E-state index contributed by atoms with van der Waals surface area (Å²) in [6.45, 7) is 6.50. The monoisotopic (exact) mass is 277 g/mol. The van der Waals surface area contributed by atoms with Gasteiger partial charge in [0.1, 0.15) is 4.21 Å². The van der Waals surface area contributed by atoms with E-state index in [0.717, 1.165) is 17.8 Å². The van der Waals surface area contributed by atoms with Crippen LogP contribution in [0.4, 0.5) is 0 Å². The minimum absolute atomic E-state index is 0.105. The Hall–Kier alpha value is -0.430. The third kappa shape index (κ3) is 4.75. The van der Waals surface area contributed by atoms with E-state index in [0.29, 0.717) is 12.1 Å². The summed E-state index contributed by atoms with van der Waals surface area (Å²) >= 11 is 1.13. The first-order valence-corrected chi connectivity index (χ1v) is 7.79. The van der Waals surface area contributed by atoms with E-state index >= 15 is 0 Å². The molecule has 17 heavy (non-hydrogen) atoms. The lowest BCUT2D eigenvalue weighted by Gasteiger charge is -2.17. The molecule has 1 rings (SSSR count). The molecule has 1 heterocycles. The molecule has 0 aromatic carbocycles. The Kier molecular flexibility index (Phi) is 4.71. The molecule has 1 aromatic heterocycles. The SMILES string of the molecule is CC(C)(C)CCNS(=O)(=O)c1cc(CO)cs1. The zero-order chi connectivity index (χ0) is 13.1. The molecular formula is C11H19NO3S2. The van der Waals surface area contributed by atoms with Crippen molar-refractivity contribution >= 4 is 21.4 Å². The zero-order valence-corrected chi connectivity index (χ0v) is 12.0. The Balaban J connectivity index is 2.63. The molecule has 2 N–H and O–H groups in total. The highest BCUT2D eigenvalue weighted by Crippen LogP contribution is 2.21. The van der Waals surface area contributed by atoms with Gasteiger partial charge in [-0.2, -0.15) is 0 Å². The Labute approximate surface area is 107 Å². The van der Waals surface area contributed by atoms with Crippen LogP contribution < -0.4 is 4.72 Å². The zero-order valence-electron chi connectivity index (χ0n) is 10.4. The molecule has 6 heteroatoms. The number of rotatable bonds is 5. The number of thiophene rings is 1. The van der Waals surface area contributed by atoms with E-state index < -0.39 is 10.0 Å². The maximum atomic E-state index is 11.9. The van der Waals surface area contributed by atoms with E-state index in [2.05, 4.69) is 25.5 Å². The second kappa shape index (κ2) is 5.48. The second-order valence-corrected chi connectivity index (χ2v) is 8.05. The molecule has 0 aliphatic heterocycles. The fourth-order valence-corrected chi connectivity index (χ4v) is 3.49. The Morgan fingerprint density at radius 1 is 1.41 bits per heavy atom. The van der Waals surface area contributed by atoms with Crippen LogP contribution in [0, 0.1) is 5.41 Å². The van der Waals surface area contributed by atoms with Gasteiger partial charge >= 0.3 is 0 Å². The average molecular weight is 277 g/mol. The van der Waals surface area contributed by atoms with Gasteiger partial charge in [0.05, 0.1) is 6.61 Å². The van der Waals surface area contributed by atoms with Crippen LogP contribution in [0.25, 0.3) is 0 Å². The average Bonchev–Trinajstić information content (AvgIpc) is 2.63. The maximum Gasteiger partial charge on any atom is 0.250 e. The predicted molar refractivity (Wildman–Crippen MR) is 69.5 cm³/mol. The molecule has 0 radical (unpaired) electrons. The smallest absolute Gasteiger partial charge is 0.250 e. The minimum atomic E-state index is -3.41.